The van der Waals surface area contributed by atoms with Crippen molar-refractivity contribution < 1.29 is 30.4 Å². The number of carbonyl (C=O) groups excluding carboxylic acids is 1. The second-order valence-electron chi connectivity index (χ2n) is 10.3. The molecule has 0 saturated heterocycles. The molecule has 5 nitrogen and oxygen atoms in total. The molecule has 0 heterocycles. The van der Waals surface area contributed by atoms with Gasteiger partial charge in [0.2, 0.25) is 0 Å². The van der Waals surface area contributed by atoms with Crippen molar-refractivity contribution in [2.75, 3.05) is 11.9 Å². The number of alkyl halides is 3. The monoisotopic (exact) mass is 698 g/mol. The van der Waals surface area contributed by atoms with Crippen LogP contribution in [0.5, 0.6) is 0 Å². The van der Waals surface area contributed by atoms with E-state index in [1.165, 1.54) is 32.1 Å². The molecule has 3 rings (SSSR count). The minimum absolute atomic E-state index is 0.288. The van der Waals surface area contributed by atoms with Gasteiger partial charge in [-0.05, 0) is 66.0 Å². The summed E-state index contributed by atoms with van der Waals surface area (Å²) in [6.07, 6.45) is 10.1. The van der Waals surface area contributed by atoms with Crippen LogP contribution in [0.15, 0.2) is 99.6 Å². The molecule has 3 aromatic rings. The second kappa shape index (κ2) is 17.3. The molecule has 0 saturated carbocycles. The Hall–Kier alpha value is -2.27. The molecule has 0 aliphatic heterocycles. The van der Waals surface area contributed by atoms with E-state index in [0.29, 0.717) is 33.1 Å². The standard InChI is InChI=1S/C33H41BrF2O5S2/c1-28-20-16-17-25-31(28)42(29-21-12-10-13-22-29,30-23-14-11-15-24-30)41-43(38,39)33(35,36)32(37)40-27-19-9-7-5-3-2-4-6-8-18-26-34/h10-17,20-25H,2-9,18-19,26-27H2,1H3. The smallest absolute Gasteiger partial charge is 0.460 e. The van der Waals surface area contributed by atoms with E-state index in [0.717, 1.165) is 24.6 Å². The average molecular weight is 700 g/mol. The molecule has 0 N–H and O–H groups in total. The number of esters is 1. The molecule has 3 aromatic carbocycles. The van der Waals surface area contributed by atoms with E-state index in [2.05, 4.69) is 15.9 Å². The molecule has 0 aliphatic carbocycles. The maximum absolute atomic E-state index is 15.4. The van der Waals surface area contributed by atoms with Crippen molar-refractivity contribution in [2.45, 2.75) is 91.1 Å². The van der Waals surface area contributed by atoms with E-state index in [-0.39, 0.29) is 6.61 Å². The minimum Gasteiger partial charge on any atom is -0.460 e. The van der Waals surface area contributed by atoms with Gasteiger partial charge in [0.25, 0.3) is 0 Å². The van der Waals surface area contributed by atoms with Crippen LogP contribution in [-0.2, 0) is 23.3 Å². The van der Waals surface area contributed by atoms with Gasteiger partial charge in [-0.3, -0.25) is 0 Å². The van der Waals surface area contributed by atoms with Gasteiger partial charge in [0.15, 0.2) is 0 Å². The molecule has 0 aromatic heterocycles. The van der Waals surface area contributed by atoms with E-state index >= 15 is 8.78 Å². The number of ether oxygens (including phenoxy) is 1. The summed E-state index contributed by atoms with van der Waals surface area (Å²) in [6.45, 7) is 1.47. The number of hydrogen-bond acceptors (Lipinski definition) is 5. The molecule has 0 spiro atoms. The Morgan fingerprint density at radius 1 is 0.698 bits per heavy atom. The molecule has 0 bridgehead atoms. The van der Waals surface area contributed by atoms with Crippen molar-refractivity contribution in [3.8, 4) is 0 Å². The number of aryl methyl sites for hydroxylation is 1. The first kappa shape index (κ1) is 35.2. The molecule has 0 amide bonds. The Bertz CT molecular complexity index is 1330. The summed E-state index contributed by atoms with van der Waals surface area (Å²) in [4.78, 5) is 13.7. The van der Waals surface area contributed by atoms with Gasteiger partial charge in [-0.2, -0.15) is 17.2 Å². The first-order valence-electron chi connectivity index (χ1n) is 14.7. The van der Waals surface area contributed by atoms with Gasteiger partial charge in [0, 0.05) is 20.0 Å². The molecule has 0 radical (unpaired) electrons. The SMILES string of the molecule is Cc1ccccc1S(OS(=O)(=O)C(F)(F)C(=O)OCCCCCCCCCCCCBr)(c1ccccc1)c1ccccc1. The number of halogens is 3. The molecule has 236 valence electrons. The van der Waals surface area contributed by atoms with Crippen molar-refractivity contribution in [1.82, 2.24) is 0 Å². The Morgan fingerprint density at radius 2 is 1.14 bits per heavy atom. The maximum atomic E-state index is 15.4. The number of unbranched alkanes of at least 4 members (excludes halogenated alkanes) is 9. The highest BCUT2D eigenvalue weighted by Gasteiger charge is 2.59. The molecular formula is C33H41BrF2O5S2. The van der Waals surface area contributed by atoms with Crippen LogP contribution in [0, 0.1) is 6.92 Å². The van der Waals surface area contributed by atoms with Crippen molar-refractivity contribution >= 4 is 42.3 Å². The van der Waals surface area contributed by atoms with Crippen molar-refractivity contribution in [2.24, 2.45) is 0 Å². The Kier molecular flexibility index (Phi) is 14.1. The number of benzene rings is 3. The van der Waals surface area contributed by atoms with Crippen LogP contribution >= 0.6 is 26.2 Å². The number of hydrogen-bond donors (Lipinski definition) is 0. The lowest BCUT2D eigenvalue weighted by Crippen LogP contribution is -2.41. The van der Waals surface area contributed by atoms with Crippen LogP contribution in [0.4, 0.5) is 8.78 Å². The van der Waals surface area contributed by atoms with Gasteiger partial charge in [-0.1, -0.05) is 122 Å². The fourth-order valence-electron chi connectivity index (χ4n) is 4.75. The minimum atomic E-state index is -5.82. The van der Waals surface area contributed by atoms with Crippen molar-refractivity contribution in [3.63, 3.8) is 0 Å². The average Bonchev–Trinajstić information content (AvgIpc) is 3.01. The third kappa shape index (κ3) is 9.36. The topological polar surface area (TPSA) is 69.7 Å². The molecule has 43 heavy (non-hydrogen) atoms. The Labute approximate surface area is 265 Å². The zero-order valence-corrected chi connectivity index (χ0v) is 27.8. The quantitative estimate of drug-likeness (QED) is 0.0708. The summed E-state index contributed by atoms with van der Waals surface area (Å²) in [7, 11) is -9.08. The highest BCUT2D eigenvalue weighted by Crippen LogP contribution is 2.71. The third-order valence-corrected chi connectivity index (χ3v) is 12.9. The van der Waals surface area contributed by atoms with Crippen molar-refractivity contribution in [1.29, 1.82) is 0 Å². The Balaban J connectivity index is 1.72. The van der Waals surface area contributed by atoms with E-state index in [9.17, 15) is 13.2 Å². The molecular weight excluding hydrogens is 658 g/mol. The van der Waals surface area contributed by atoms with Crippen LogP contribution in [0.1, 0.15) is 69.8 Å². The van der Waals surface area contributed by atoms with E-state index < -0.39 is 31.7 Å². The van der Waals surface area contributed by atoms with Gasteiger partial charge < -0.3 is 4.74 Å². The third-order valence-electron chi connectivity index (χ3n) is 7.06. The summed E-state index contributed by atoms with van der Waals surface area (Å²) >= 11 is 3.43. The molecule has 0 fully saturated rings. The largest absolute Gasteiger partial charge is 0.466 e. The van der Waals surface area contributed by atoms with Crippen LogP contribution in [-0.4, -0.2) is 31.6 Å². The van der Waals surface area contributed by atoms with Crippen molar-refractivity contribution in [3.05, 3.63) is 90.5 Å². The highest BCUT2D eigenvalue weighted by atomic mass is 79.9. The van der Waals surface area contributed by atoms with Gasteiger partial charge in [-0.25, -0.2) is 8.42 Å². The zero-order chi connectivity index (χ0) is 31.2. The van der Waals surface area contributed by atoms with Crippen LogP contribution < -0.4 is 0 Å². The van der Waals surface area contributed by atoms with Crippen LogP contribution in [0.3, 0.4) is 0 Å². The first-order chi connectivity index (χ1) is 20.7. The van der Waals surface area contributed by atoms with Crippen LogP contribution in [0.2, 0.25) is 0 Å². The predicted octanol–water partition coefficient (Wildman–Crippen LogP) is 9.97. The van der Waals surface area contributed by atoms with Gasteiger partial charge >= 0.3 is 21.3 Å². The summed E-state index contributed by atoms with van der Waals surface area (Å²) in [5.41, 5.74) is 0.654. The fraction of sp³-hybridized carbons (Fsp3) is 0.424. The molecule has 10 heteroatoms. The maximum Gasteiger partial charge on any atom is 0.466 e. The molecule has 0 atom stereocenters. The van der Waals surface area contributed by atoms with E-state index in [1.807, 2.05) is 0 Å². The van der Waals surface area contributed by atoms with Crippen LogP contribution in [0.25, 0.3) is 0 Å². The van der Waals surface area contributed by atoms with E-state index in [4.69, 9.17) is 8.37 Å². The lowest BCUT2D eigenvalue weighted by atomic mass is 10.1. The number of carbonyl (C=O) groups is 1. The lowest BCUT2D eigenvalue weighted by Gasteiger charge is -2.40. The van der Waals surface area contributed by atoms with E-state index in [1.54, 1.807) is 91.9 Å². The van der Waals surface area contributed by atoms with Gasteiger partial charge in [0.1, 0.15) is 0 Å². The normalized spacial score (nSPS) is 12.7. The van der Waals surface area contributed by atoms with Gasteiger partial charge in [0.05, 0.1) is 6.61 Å². The predicted molar refractivity (Wildman–Crippen MR) is 172 cm³/mol. The van der Waals surface area contributed by atoms with Gasteiger partial charge in [-0.15, -0.1) is 0 Å². The molecule has 0 unspecified atom stereocenters. The fourth-order valence-corrected chi connectivity index (χ4v) is 10.4. The lowest BCUT2D eigenvalue weighted by molar-refractivity contribution is -0.161. The number of rotatable bonds is 19. The zero-order valence-electron chi connectivity index (χ0n) is 24.6. The summed E-state index contributed by atoms with van der Waals surface area (Å²) in [5.74, 6) is -2.13. The molecule has 0 aliphatic rings. The summed E-state index contributed by atoms with van der Waals surface area (Å²) in [5, 5.41) is -3.87. The first-order valence-corrected chi connectivity index (χ1v) is 18.8. The second-order valence-corrected chi connectivity index (χ2v) is 15.6. The summed E-state index contributed by atoms with van der Waals surface area (Å²) < 4.78 is 68.1. The summed E-state index contributed by atoms with van der Waals surface area (Å²) in [6, 6.07) is 23.7. The Morgan fingerprint density at radius 3 is 1.63 bits per heavy atom. The highest BCUT2D eigenvalue weighted by molar-refractivity contribution is 9.09.